The minimum Gasteiger partial charge on any atom is -0.307 e. The average molecular weight is 354 g/mol. The Balaban J connectivity index is 2.35. The number of halogens is 2. The Morgan fingerprint density at radius 2 is 1.80 bits per heavy atom. The molecule has 0 aromatic heterocycles. The third-order valence-corrected chi connectivity index (χ3v) is 4.49. The summed E-state index contributed by atoms with van der Waals surface area (Å²) in [4.78, 5) is 1.24. The maximum absolute atomic E-state index is 13.4. The summed E-state index contributed by atoms with van der Waals surface area (Å²) in [5.74, 6) is -0.235. The van der Waals surface area contributed by atoms with Crippen molar-refractivity contribution < 1.29 is 4.39 Å². The summed E-state index contributed by atoms with van der Waals surface area (Å²) in [5.41, 5.74) is 2.24. The minimum atomic E-state index is -0.235. The summed E-state index contributed by atoms with van der Waals surface area (Å²) < 4.78 is 13.9. The smallest absolute Gasteiger partial charge is 0.137 e. The van der Waals surface area contributed by atoms with Gasteiger partial charge in [0, 0.05) is 4.90 Å². The van der Waals surface area contributed by atoms with Gasteiger partial charge >= 0.3 is 0 Å². The van der Waals surface area contributed by atoms with Crippen LogP contribution in [0.3, 0.4) is 0 Å². The Bertz CT molecular complexity index is 571. The molecule has 0 aliphatic heterocycles. The van der Waals surface area contributed by atoms with Crippen molar-refractivity contribution in [2.45, 2.75) is 17.9 Å². The molecule has 0 aliphatic carbocycles. The van der Waals surface area contributed by atoms with Crippen molar-refractivity contribution in [3.05, 3.63) is 63.9 Å². The van der Waals surface area contributed by atoms with E-state index < -0.39 is 0 Å². The lowest BCUT2D eigenvalue weighted by Crippen LogP contribution is -2.22. The summed E-state index contributed by atoms with van der Waals surface area (Å²) in [7, 11) is 0. The van der Waals surface area contributed by atoms with Crippen LogP contribution in [0.25, 0.3) is 0 Å². The van der Waals surface area contributed by atoms with Gasteiger partial charge in [0.1, 0.15) is 5.82 Å². The van der Waals surface area contributed by atoms with E-state index in [1.807, 2.05) is 12.1 Å². The number of benzene rings is 2. The highest BCUT2D eigenvalue weighted by atomic mass is 79.9. The number of hydrogen-bond donors (Lipinski definition) is 1. The predicted octanol–water partition coefficient (Wildman–Crippen LogP) is 5.01. The van der Waals surface area contributed by atoms with Crippen molar-refractivity contribution in [1.29, 1.82) is 0 Å². The first-order valence-electron chi connectivity index (χ1n) is 6.48. The number of rotatable bonds is 5. The van der Waals surface area contributed by atoms with Crippen LogP contribution < -0.4 is 5.32 Å². The third kappa shape index (κ3) is 3.62. The van der Waals surface area contributed by atoms with Crippen LogP contribution in [-0.2, 0) is 0 Å². The Morgan fingerprint density at radius 1 is 1.15 bits per heavy atom. The van der Waals surface area contributed by atoms with Crippen LogP contribution in [0.15, 0.2) is 51.8 Å². The van der Waals surface area contributed by atoms with Crippen LogP contribution in [0.1, 0.15) is 24.1 Å². The highest BCUT2D eigenvalue weighted by Crippen LogP contribution is 2.27. The molecule has 0 heterocycles. The molecule has 1 N–H and O–H groups in total. The first-order chi connectivity index (χ1) is 9.65. The Kier molecular flexibility index (Phi) is 5.64. The zero-order chi connectivity index (χ0) is 14.5. The summed E-state index contributed by atoms with van der Waals surface area (Å²) in [5, 5.41) is 3.45. The van der Waals surface area contributed by atoms with E-state index >= 15 is 0 Å². The van der Waals surface area contributed by atoms with E-state index in [1.54, 1.807) is 11.8 Å². The van der Waals surface area contributed by atoms with Crippen molar-refractivity contribution in [3.8, 4) is 0 Å². The zero-order valence-electron chi connectivity index (χ0n) is 11.5. The molecule has 0 amide bonds. The molecule has 1 atom stereocenters. The predicted molar refractivity (Wildman–Crippen MR) is 87.8 cm³/mol. The monoisotopic (exact) mass is 353 g/mol. The number of thioether (sulfide) groups is 1. The van der Waals surface area contributed by atoms with Gasteiger partial charge in [0.2, 0.25) is 0 Å². The van der Waals surface area contributed by atoms with Crippen molar-refractivity contribution in [3.63, 3.8) is 0 Å². The van der Waals surface area contributed by atoms with E-state index in [-0.39, 0.29) is 11.9 Å². The third-order valence-electron chi connectivity index (χ3n) is 3.13. The van der Waals surface area contributed by atoms with Crippen molar-refractivity contribution in [2.75, 3.05) is 12.8 Å². The van der Waals surface area contributed by atoms with Crippen molar-refractivity contribution in [1.82, 2.24) is 5.32 Å². The van der Waals surface area contributed by atoms with E-state index in [4.69, 9.17) is 0 Å². The molecule has 0 fully saturated rings. The molecule has 0 saturated heterocycles. The lowest BCUT2D eigenvalue weighted by atomic mass is 9.98. The summed E-state index contributed by atoms with van der Waals surface area (Å²) in [6, 6.07) is 13.7. The molecule has 0 saturated carbocycles. The van der Waals surface area contributed by atoms with Gasteiger partial charge in [0.25, 0.3) is 0 Å². The molecule has 0 radical (unpaired) electrons. The van der Waals surface area contributed by atoms with Gasteiger partial charge in [0.05, 0.1) is 10.5 Å². The second kappa shape index (κ2) is 7.25. The molecule has 1 unspecified atom stereocenters. The maximum Gasteiger partial charge on any atom is 0.137 e. The molecule has 4 heteroatoms. The normalized spacial score (nSPS) is 12.4. The average Bonchev–Trinajstić information content (AvgIpc) is 2.48. The molecule has 2 aromatic carbocycles. The lowest BCUT2D eigenvalue weighted by molar-refractivity contribution is 0.608. The summed E-state index contributed by atoms with van der Waals surface area (Å²) in [6.07, 6.45) is 2.06. The van der Waals surface area contributed by atoms with Gasteiger partial charge in [-0.2, -0.15) is 0 Å². The quantitative estimate of drug-likeness (QED) is 0.758. The zero-order valence-corrected chi connectivity index (χ0v) is 13.9. The molecular weight excluding hydrogens is 337 g/mol. The van der Waals surface area contributed by atoms with E-state index in [0.29, 0.717) is 4.47 Å². The fourth-order valence-corrected chi connectivity index (χ4v) is 2.93. The topological polar surface area (TPSA) is 12.0 Å². The summed E-state index contributed by atoms with van der Waals surface area (Å²) >= 11 is 4.98. The molecule has 106 valence electrons. The van der Waals surface area contributed by atoms with Crippen LogP contribution >= 0.6 is 27.7 Å². The Labute approximate surface area is 132 Å². The Hall–Kier alpha value is -0.840. The largest absolute Gasteiger partial charge is 0.307 e. The second-order valence-electron chi connectivity index (χ2n) is 4.44. The maximum atomic E-state index is 13.4. The standard InChI is InChI=1S/C16H17BrFNS/c1-3-19-16(11-4-7-13(20-2)8-5-11)12-6-9-15(18)14(17)10-12/h4-10,16,19H,3H2,1-2H3. The molecule has 0 bridgehead atoms. The Morgan fingerprint density at radius 3 is 2.35 bits per heavy atom. The molecular formula is C16H17BrFNS. The van der Waals surface area contributed by atoms with Gasteiger partial charge in [-0.3, -0.25) is 0 Å². The molecule has 1 nitrogen and oxygen atoms in total. The van der Waals surface area contributed by atoms with Crippen LogP contribution in [0, 0.1) is 5.82 Å². The van der Waals surface area contributed by atoms with Crippen LogP contribution in [0.2, 0.25) is 0 Å². The molecule has 0 spiro atoms. The van der Waals surface area contributed by atoms with Gasteiger partial charge in [-0.25, -0.2) is 4.39 Å². The lowest BCUT2D eigenvalue weighted by Gasteiger charge is -2.19. The molecule has 0 aliphatic rings. The number of hydrogen-bond acceptors (Lipinski definition) is 2. The molecule has 2 rings (SSSR count). The fourth-order valence-electron chi connectivity index (χ4n) is 2.12. The van der Waals surface area contributed by atoms with E-state index in [1.165, 1.54) is 16.5 Å². The van der Waals surface area contributed by atoms with E-state index in [9.17, 15) is 4.39 Å². The number of nitrogens with one attached hydrogen (secondary N) is 1. The van der Waals surface area contributed by atoms with Crippen molar-refractivity contribution >= 4 is 27.7 Å². The molecule has 2 aromatic rings. The first kappa shape index (κ1) is 15.5. The van der Waals surface area contributed by atoms with Gasteiger partial charge < -0.3 is 5.32 Å². The highest BCUT2D eigenvalue weighted by molar-refractivity contribution is 9.10. The van der Waals surface area contributed by atoms with Gasteiger partial charge in [-0.15, -0.1) is 11.8 Å². The highest BCUT2D eigenvalue weighted by Gasteiger charge is 2.14. The van der Waals surface area contributed by atoms with Crippen molar-refractivity contribution in [2.24, 2.45) is 0 Å². The SMILES string of the molecule is CCNC(c1ccc(SC)cc1)c1ccc(F)c(Br)c1. The van der Waals surface area contributed by atoms with E-state index in [0.717, 1.165) is 12.1 Å². The summed E-state index contributed by atoms with van der Waals surface area (Å²) in [6.45, 7) is 2.92. The van der Waals surface area contributed by atoms with Crippen LogP contribution in [0.5, 0.6) is 0 Å². The molecule has 20 heavy (non-hydrogen) atoms. The van der Waals surface area contributed by atoms with Gasteiger partial charge in [-0.05, 0) is 64.1 Å². The van der Waals surface area contributed by atoms with E-state index in [2.05, 4.69) is 58.7 Å². The van der Waals surface area contributed by atoms with Crippen LogP contribution in [0.4, 0.5) is 4.39 Å². The first-order valence-corrected chi connectivity index (χ1v) is 8.49. The second-order valence-corrected chi connectivity index (χ2v) is 6.17. The minimum absolute atomic E-state index is 0.0767. The van der Waals surface area contributed by atoms with Gasteiger partial charge in [0.15, 0.2) is 0 Å². The fraction of sp³-hybridized carbons (Fsp3) is 0.250. The van der Waals surface area contributed by atoms with Gasteiger partial charge in [-0.1, -0.05) is 25.1 Å². The van der Waals surface area contributed by atoms with Crippen LogP contribution in [-0.4, -0.2) is 12.8 Å².